The number of benzene rings is 2. The van der Waals surface area contributed by atoms with Gasteiger partial charge >= 0.3 is 12.3 Å². The summed E-state index contributed by atoms with van der Waals surface area (Å²) in [7, 11) is 0. The highest BCUT2D eigenvalue weighted by Gasteiger charge is 2.44. The van der Waals surface area contributed by atoms with Crippen LogP contribution in [0.4, 0.5) is 18.0 Å². The van der Waals surface area contributed by atoms with E-state index < -0.39 is 34.8 Å². The van der Waals surface area contributed by atoms with E-state index in [0.29, 0.717) is 16.9 Å². The molecule has 0 atom stereocenters. The number of ether oxygens (including phenoxy) is 4. The van der Waals surface area contributed by atoms with E-state index >= 15 is 0 Å². The lowest BCUT2D eigenvalue weighted by Gasteiger charge is -2.44. The third kappa shape index (κ3) is 7.47. The number of carbonyl (C=O) groups is 1. The Morgan fingerprint density at radius 2 is 1.54 bits per heavy atom. The van der Waals surface area contributed by atoms with Gasteiger partial charge < -0.3 is 24.3 Å². The zero-order chi connectivity index (χ0) is 30.4. The fourth-order valence-corrected chi connectivity index (χ4v) is 5.71. The molecule has 2 aromatic rings. The highest BCUT2D eigenvalue weighted by Crippen LogP contribution is 2.45. The molecule has 2 fully saturated rings. The van der Waals surface area contributed by atoms with E-state index in [4.69, 9.17) is 18.9 Å². The van der Waals surface area contributed by atoms with E-state index in [-0.39, 0.29) is 35.9 Å². The molecule has 1 saturated heterocycles. The number of fused-ring (bicyclic) bond motifs is 1. The number of nitrogens with one attached hydrogen (secondary N) is 1. The zero-order valence-corrected chi connectivity index (χ0v) is 25.5. The van der Waals surface area contributed by atoms with Gasteiger partial charge in [0.25, 0.3) is 0 Å². The molecule has 1 amide bonds. The van der Waals surface area contributed by atoms with Crippen molar-refractivity contribution in [3.63, 3.8) is 0 Å². The minimum Gasteiger partial charge on any atom is -0.490 e. The summed E-state index contributed by atoms with van der Waals surface area (Å²) >= 11 is 0. The van der Waals surface area contributed by atoms with Crippen LogP contribution in [0.1, 0.15) is 92.2 Å². The molecule has 1 aliphatic heterocycles. The van der Waals surface area contributed by atoms with Crippen molar-refractivity contribution in [1.82, 2.24) is 5.32 Å². The normalized spacial score (nSPS) is 23.2. The van der Waals surface area contributed by atoms with E-state index in [1.807, 2.05) is 0 Å². The fraction of sp³-hybridized carbons (Fsp3) is 0.656. The molecule has 4 rings (SSSR count). The number of halogens is 3. The van der Waals surface area contributed by atoms with Crippen molar-refractivity contribution in [2.75, 3.05) is 13.2 Å². The first-order chi connectivity index (χ1) is 18.8. The van der Waals surface area contributed by atoms with Crippen molar-refractivity contribution in [1.29, 1.82) is 0 Å². The summed E-state index contributed by atoms with van der Waals surface area (Å²) in [4.78, 5) is 12.8. The topological polar surface area (TPSA) is 66.0 Å². The molecule has 2 aliphatic rings. The maximum absolute atomic E-state index is 14.5. The van der Waals surface area contributed by atoms with Crippen LogP contribution < -0.4 is 10.1 Å². The fourth-order valence-electron chi connectivity index (χ4n) is 5.71. The van der Waals surface area contributed by atoms with Crippen LogP contribution in [0.3, 0.4) is 0 Å². The van der Waals surface area contributed by atoms with E-state index in [9.17, 15) is 18.0 Å². The molecule has 1 saturated carbocycles. The van der Waals surface area contributed by atoms with Crippen molar-refractivity contribution in [2.24, 2.45) is 11.3 Å². The minimum absolute atomic E-state index is 0.0347. The van der Waals surface area contributed by atoms with Crippen molar-refractivity contribution in [2.45, 2.75) is 110 Å². The molecule has 0 radical (unpaired) electrons. The molecule has 9 heteroatoms. The van der Waals surface area contributed by atoms with Gasteiger partial charge in [0, 0.05) is 0 Å². The molecule has 0 aromatic heterocycles. The van der Waals surface area contributed by atoms with Gasteiger partial charge in [-0.15, -0.1) is 0 Å². The first kappa shape index (κ1) is 31.4. The molecule has 1 aliphatic carbocycles. The molecule has 41 heavy (non-hydrogen) atoms. The minimum atomic E-state index is -4.62. The number of alkyl halides is 3. The monoisotopic (exact) mass is 579 g/mol. The number of amides is 1. The van der Waals surface area contributed by atoms with Gasteiger partial charge in [-0.3, -0.25) is 0 Å². The summed E-state index contributed by atoms with van der Waals surface area (Å²) in [5.41, 5.74) is -1.97. The molecule has 1 N–H and O–H groups in total. The predicted octanol–water partition coefficient (Wildman–Crippen LogP) is 8.35. The SMILES string of the molecule is CC(C)(C)OC(=O)NC1(c2ccc3c(C(F)(F)F)c(OC4CCC(C(C)(C)C)CC4)ccc3c2)COC(C)(C)OC1. The summed E-state index contributed by atoms with van der Waals surface area (Å²) in [6.45, 7) is 15.5. The molecule has 0 unspecified atom stereocenters. The molecule has 0 spiro atoms. The van der Waals surface area contributed by atoms with E-state index in [0.717, 1.165) is 25.7 Å². The van der Waals surface area contributed by atoms with Crippen LogP contribution in [0.5, 0.6) is 5.75 Å². The van der Waals surface area contributed by atoms with Crippen molar-refractivity contribution >= 4 is 16.9 Å². The summed E-state index contributed by atoms with van der Waals surface area (Å²) in [6.07, 6.45) is -2.23. The average Bonchev–Trinajstić information content (AvgIpc) is 2.83. The lowest BCUT2D eigenvalue weighted by Crippen LogP contribution is -2.59. The highest BCUT2D eigenvalue weighted by atomic mass is 19.4. The van der Waals surface area contributed by atoms with Crippen LogP contribution in [0.2, 0.25) is 0 Å². The highest BCUT2D eigenvalue weighted by molar-refractivity contribution is 5.89. The Morgan fingerprint density at radius 3 is 2.07 bits per heavy atom. The van der Waals surface area contributed by atoms with Gasteiger partial charge in [-0.25, -0.2) is 4.79 Å². The third-order valence-electron chi connectivity index (χ3n) is 8.08. The Kier molecular flexibility index (Phi) is 8.39. The number of rotatable bonds is 4. The van der Waals surface area contributed by atoms with E-state index in [1.54, 1.807) is 52.8 Å². The maximum atomic E-state index is 14.5. The smallest absolute Gasteiger partial charge is 0.420 e. The quantitative estimate of drug-likeness (QED) is 0.394. The Labute approximate surface area is 241 Å². The Bertz CT molecular complexity index is 1240. The van der Waals surface area contributed by atoms with Gasteiger partial charge in [0.1, 0.15) is 22.5 Å². The second kappa shape index (κ2) is 11.0. The third-order valence-corrected chi connectivity index (χ3v) is 8.08. The van der Waals surface area contributed by atoms with Gasteiger partial charge in [-0.2, -0.15) is 13.2 Å². The average molecular weight is 580 g/mol. The predicted molar refractivity (Wildman–Crippen MR) is 152 cm³/mol. The van der Waals surface area contributed by atoms with Crippen LogP contribution in [-0.2, 0) is 25.9 Å². The van der Waals surface area contributed by atoms with E-state index in [2.05, 4.69) is 26.1 Å². The first-order valence-corrected chi connectivity index (χ1v) is 14.4. The molecule has 228 valence electrons. The lowest BCUT2D eigenvalue weighted by atomic mass is 9.72. The largest absolute Gasteiger partial charge is 0.490 e. The van der Waals surface area contributed by atoms with Gasteiger partial charge in [-0.05, 0) is 100 Å². The molecular weight excluding hydrogens is 535 g/mol. The Hall–Kier alpha value is -2.52. The molecular formula is C32H44F3NO5. The van der Waals surface area contributed by atoms with Gasteiger partial charge in [0.15, 0.2) is 5.79 Å². The summed E-state index contributed by atoms with van der Waals surface area (Å²) < 4.78 is 66.8. The van der Waals surface area contributed by atoms with Crippen LogP contribution in [0.15, 0.2) is 30.3 Å². The number of alkyl carbamates (subject to hydrolysis) is 1. The molecule has 0 bridgehead atoms. The van der Waals surface area contributed by atoms with Gasteiger partial charge in [0.2, 0.25) is 0 Å². The van der Waals surface area contributed by atoms with Crippen molar-refractivity contribution < 1.29 is 36.9 Å². The Morgan fingerprint density at radius 1 is 0.927 bits per heavy atom. The standard InChI is InChI=1S/C32H44F3NO5/c1-28(2,3)21-10-13-23(14-11-21)40-25-16-9-20-17-22(12-15-24(20)26(25)32(33,34)35)31(18-38-30(7,8)39-19-31)36-27(37)41-29(4,5)6/h9,12,15-17,21,23H,10-11,13-14,18-19H2,1-8H3,(H,36,37). The summed E-state index contributed by atoms with van der Waals surface area (Å²) in [5.74, 6) is -0.499. The Balaban J connectivity index is 1.67. The maximum Gasteiger partial charge on any atom is 0.420 e. The lowest BCUT2D eigenvalue weighted by molar-refractivity contribution is -0.272. The van der Waals surface area contributed by atoms with Gasteiger partial charge in [-0.1, -0.05) is 39.0 Å². The second-order valence-corrected chi connectivity index (χ2v) is 14.0. The number of hydrogen-bond donors (Lipinski definition) is 1. The molecule has 1 heterocycles. The molecule has 2 aromatic carbocycles. The number of carbonyl (C=O) groups excluding carboxylic acids is 1. The zero-order valence-electron chi connectivity index (χ0n) is 25.5. The molecule has 6 nitrogen and oxygen atoms in total. The summed E-state index contributed by atoms with van der Waals surface area (Å²) in [5, 5.41) is 3.28. The van der Waals surface area contributed by atoms with Crippen molar-refractivity contribution in [3.8, 4) is 5.75 Å². The van der Waals surface area contributed by atoms with Crippen LogP contribution >= 0.6 is 0 Å². The van der Waals surface area contributed by atoms with Crippen molar-refractivity contribution in [3.05, 3.63) is 41.5 Å². The first-order valence-electron chi connectivity index (χ1n) is 14.4. The van der Waals surface area contributed by atoms with Crippen LogP contribution in [0, 0.1) is 11.3 Å². The van der Waals surface area contributed by atoms with Gasteiger partial charge in [0.05, 0.1) is 19.3 Å². The number of hydrogen-bond acceptors (Lipinski definition) is 5. The second-order valence-electron chi connectivity index (χ2n) is 14.0. The summed E-state index contributed by atoms with van der Waals surface area (Å²) in [6, 6.07) is 7.72. The van der Waals surface area contributed by atoms with Crippen LogP contribution in [-0.4, -0.2) is 36.8 Å². The van der Waals surface area contributed by atoms with E-state index in [1.165, 1.54) is 12.1 Å². The van der Waals surface area contributed by atoms with Crippen LogP contribution in [0.25, 0.3) is 10.8 Å².